The van der Waals surface area contributed by atoms with Crippen molar-refractivity contribution < 1.29 is 13.7 Å². The number of nitrogens with one attached hydrogen (secondary N) is 1. The molecule has 1 heterocycles. The van der Waals surface area contributed by atoms with Crippen LogP contribution in [0.4, 0.5) is 31.5 Å². The molecule has 1 aromatic heterocycles. The maximum Gasteiger partial charge on any atom is 0.293 e. The van der Waals surface area contributed by atoms with Crippen molar-refractivity contribution >= 4 is 22.7 Å². The highest BCUT2D eigenvalue weighted by atomic mass is 19.1. The third-order valence-corrected chi connectivity index (χ3v) is 4.81. The monoisotopic (exact) mass is 421 g/mol. The lowest BCUT2D eigenvalue weighted by molar-refractivity contribution is -0.383. The summed E-state index contributed by atoms with van der Waals surface area (Å²) in [5.41, 5.74) is 6.30. The topological polar surface area (TPSA) is 99.0 Å². The van der Waals surface area contributed by atoms with Crippen molar-refractivity contribution in [1.82, 2.24) is 9.78 Å². The van der Waals surface area contributed by atoms with E-state index in [9.17, 15) is 14.5 Å². The zero-order valence-corrected chi connectivity index (χ0v) is 16.3. The minimum Gasteiger partial charge on any atom is -0.396 e. The fourth-order valence-electron chi connectivity index (χ4n) is 3.27. The Balaban J connectivity index is 1.80. The van der Waals surface area contributed by atoms with Crippen LogP contribution in [0.3, 0.4) is 0 Å². The molecule has 0 spiro atoms. The molecule has 0 atom stereocenters. The molecule has 0 radical (unpaired) electrons. The lowest BCUT2D eigenvalue weighted by Gasteiger charge is -2.14. The van der Waals surface area contributed by atoms with Crippen molar-refractivity contribution in [3.63, 3.8) is 0 Å². The second-order valence-corrected chi connectivity index (χ2v) is 6.90. The Kier molecular flexibility index (Phi) is 5.08. The number of hydrogen-bond donors (Lipinski definition) is 2. The number of benzene rings is 3. The summed E-state index contributed by atoms with van der Waals surface area (Å²) in [5, 5.41) is 18.2. The highest BCUT2D eigenvalue weighted by molar-refractivity contribution is 5.81. The van der Waals surface area contributed by atoms with Gasteiger partial charge < -0.3 is 11.1 Å². The van der Waals surface area contributed by atoms with Crippen molar-refractivity contribution in [1.29, 1.82) is 0 Å². The van der Waals surface area contributed by atoms with E-state index >= 15 is 4.39 Å². The number of hydrogen-bond acceptors (Lipinski definition) is 5. The molecule has 3 aromatic carbocycles. The van der Waals surface area contributed by atoms with Gasteiger partial charge in [0.05, 0.1) is 16.8 Å². The van der Waals surface area contributed by atoms with Gasteiger partial charge in [0.25, 0.3) is 5.69 Å². The van der Waals surface area contributed by atoms with Crippen molar-refractivity contribution in [2.75, 3.05) is 11.1 Å². The number of nitro groups is 1. The van der Waals surface area contributed by atoms with E-state index in [1.54, 1.807) is 60.5 Å². The van der Waals surface area contributed by atoms with Gasteiger partial charge >= 0.3 is 0 Å². The van der Waals surface area contributed by atoms with Crippen LogP contribution in [0.2, 0.25) is 0 Å². The Hall–Kier alpha value is -4.27. The molecule has 0 aliphatic carbocycles. The molecular formula is C22H17F2N5O2. The third kappa shape index (κ3) is 3.80. The van der Waals surface area contributed by atoms with Gasteiger partial charge in [-0.25, -0.2) is 8.78 Å². The summed E-state index contributed by atoms with van der Waals surface area (Å²) in [6, 6.07) is 14.0. The second-order valence-electron chi connectivity index (χ2n) is 6.90. The van der Waals surface area contributed by atoms with Gasteiger partial charge in [-0.1, -0.05) is 36.4 Å². The summed E-state index contributed by atoms with van der Waals surface area (Å²) in [6.45, 7) is 0. The van der Waals surface area contributed by atoms with E-state index in [4.69, 9.17) is 5.73 Å². The van der Waals surface area contributed by atoms with Crippen molar-refractivity contribution in [3.8, 4) is 22.3 Å². The van der Waals surface area contributed by atoms with E-state index < -0.39 is 22.2 Å². The van der Waals surface area contributed by atoms with Gasteiger partial charge in [0.15, 0.2) is 11.6 Å². The first-order chi connectivity index (χ1) is 14.8. The number of aromatic nitrogens is 2. The molecule has 0 saturated carbocycles. The minimum absolute atomic E-state index is 0.0694. The van der Waals surface area contributed by atoms with Crippen molar-refractivity contribution in [2.45, 2.75) is 0 Å². The van der Waals surface area contributed by atoms with Gasteiger partial charge in [-0.3, -0.25) is 14.8 Å². The Morgan fingerprint density at radius 2 is 1.77 bits per heavy atom. The van der Waals surface area contributed by atoms with Gasteiger partial charge in [-0.05, 0) is 23.3 Å². The molecule has 0 unspecified atom stereocenters. The molecule has 31 heavy (non-hydrogen) atoms. The van der Waals surface area contributed by atoms with Gasteiger partial charge in [0.2, 0.25) is 0 Å². The predicted molar refractivity (Wildman–Crippen MR) is 115 cm³/mol. The minimum atomic E-state index is -1.03. The van der Waals surface area contributed by atoms with E-state index in [1.807, 2.05) is 0 Å². The number of halogens is 2. The fourth-order valence-corrected chi connectivity index (χ4v) is 3.27. The predicted octanol–water partition coefficient (Wildman–Crippen LogP) is 5.27. The molecular weight excluding hydrogens is 404 g/mol. The average Bonchev–Trinajstić information content (AvgIpc) is 3.20. The molecule has 9 heteroatoms. The number of anilines is 3. The number of aryl methyl sites for hydroxylation is 1. The standard InChI is InChI=1S/C22H17F2N5O2/c1-28-12-15(11-26-28)14-7-8-18(19(9-14)29(30)31)27-22-20(23)16(10-17(25)21(22)24)13-5-3-2-4-6-13/h2-12,27H,25H2,1H3. The molecule has 0 bridgehead atoms. The molecule has 4 rings (SSSR count). The Morgan fingerprint density at radius 3 is 2.42 bits per heavy atom. The summed E-state index contributed by atoms with van der Waals surface area (Å²) in [4.78, 5) is 11.0. The van der Waals surface area contributed by atoms with Crippen LogP contribution in [0.25, 0.3) is 22.3 Å². The number of nitrogens with two attached hydrogens (primary N) is 1. The van der Waals surface area contributed by atoms with E-state index in [0.717, 1.165) is 0 Å². The molecule has 7 nitrogen and oxygen atoms in total. The van der Waals surface area contributed by atoms with E-state index in [2.05, 4.69) is 10.4 Å². The number of nitrogen functional groups attached to an aromatic ring is 1. The van der Waals surface area contributed by atoms with E-state index in [0.29, 0.717) is 16.7 Å². The maximum atomic E-state index is 15.2. The summed E-state index contributed by atoms with van der Waals surface area (Å²) < 4.78 is 31.5. The van der Waals surface area contributed by atoms with E-state index in [1.165, 1.54) is 18.2 Å². The average molecular weight is 421 g/mol. The SMILES string of the molecule is Cn1cc(-c2ccc(Nc3c(F)c(N)cc(-c4ccccc4)c3F)c([N+](=O)[O-])c2)cn1. The first kappa shape index (κ1) is 20.0. The second kappa shape index (κ2) is 7.86. The van der Waals surface area contributed by atoms with Crippen molar-refractivity contribution in [3.05, 3.63) is 88.7 Å². The van der Waals surface area contributed by atoms with Crippen LogP contribution in [0, 0.1) is 21.7 Å². The molecule has 0 saturated heterocycles. The lowest BCUT2D eigenvalue weighted by atomic mass is 10.0. The molecule has 0 amide bonds. The van der Waals surface area contributed by atoms with Crippen LogP contribution in [-0.4, -0.2) is 14.7 Å². The molecule has 0 fully saturated rings. The van der Waals surface area contributed by atoms with Crippen LogP contribution in [0.5, 0.6) is 0 Å². The first-order valence-electron chi connectivity index (χ1n) is 9.22. The highest BCUT2D eigenvalue weighted by Gasteiger charge is 2.22. The molecule has 156 valence electrons. The summed E-state index contributed by atoms with van der Waals surface area (Å²) >= 11 is 0. The maximum absolute atomic E-state index is 15.2. The van der Waals surface area contributed by atoms with E-state index in [-0.39, 0.29) is 22.6 Å². The van der Waals surface area contributed by atoms with Crippen LogP contribution < -0.4 is 11.1 Å². The summed E-state index contributed by atoms with van der Waals surface area (Å²) in [5.74, 6) is -1.92. The summed E-state index contributed by atoms with van der Waals surface area (Å²) in [6.07, 6.45) is 3.27. The van der Waals surface area contributed by atoms with Crippen molar-refractivity contribution in [2.24, 2.45) is 7.05 Å². The zero-order chi connectivity index (χ0) is 22.1. The van der Waals surface area contributed by atoms with Gasteiger partial charge in [-0.15, -0.1) is 0 Å². The highest BCUT2D eigenvalue weighted by Crippen LogP contribution is 2.38. The summed E-state index contributed by atoms with van der Waals surface area (Å²) in [7, 11) is 1.73. The Morgan fingerprint density at radius 1 is 1.03 bits per heavy atom. The quantitative estimate of drug-likeness (QED) is 0.260. The Bertz CT molecular complexity index is 1290. The Labute approximate surface area is 175 Å². The van der Waals surface area contributed by atoms with Crippen LogP contribution >= 0.6 is 0 Å². The van der Waals surface area contributed by atoms with Gasteiger partial charge in [0.1, 0.15) is 11.4 Å². The fraction of sp³-hybridized carbons (Fsp3) is 0.0455. The lowest BCUT2D eigenvalue weighted by Crippen LogP contribution is -2.05. The third-order valence-electron chi connectivity index (χ3n) is 4.81. The normalized spacial score (nSPS) is 10.8. The number of nitrogens with zero attached hydrogens (tertiary/aromatic N) is 3. The molecule has 4 aromatic rings. The zero-order valence-electron chi connectivity index (χ0n) is 16.3. The largest absolute Gasteiger partial charge is 0.396 e. The number of nitro benzene ring substituents is 1. The van der Waals surface area contributed by atoms with Crippen LogP contribution in [0.1, 0.15) is 0 Å². The first-order valence-corrected chi connectivity index (χ1v) is 9.22. The molecule has 3 N–H and O–H groups in total. The van der Waals surface area contributed by atoms with Gasteiger partial charge in [-0.2, -0.15) is 5.10 Å². The van der Waals surface area contributed by atoms with Crippen LogP contribution in [-0.2, 0) is 7.05 Å². The van der Waals surface area contributed by atoms with Crippen LogP contribution in [0.15, 0.2) is 67.0 Å². The smallest absolute Gasteiger partial charge is 0.293 e. The molecule has 0 aliphatic rings. The molecule has 0 aliphatic heterocycles. The number of rotatable bonds is 5. The van der Waals surface area contributed by atoms with Gasteiger partial charge in [0, 0.05) is 30.4 Å².